The molecule has 0 bridgehead atoms. The molecule has 0 fully saturated rings. The van der Waals surface area contributed by atoms with E-state index < -0.39 is 0 Å². The summed E-state index contributed by atoms with van der Waals surface area (Å²) >= 11 is 0. The van der Waals surface area contributed by atoms with Crippen molar-refractivity contribution in [2.75, 3.05) is 0 Å². The highest BCUT2D eigenvalue weighted by Gasteiger charge is 2.12. The van der Waals surface area contributed by atoms with Gasteiger partial charge in [-0.1, -0.05) is 60.7 Å². The van der Waals surface area contributed by atoms with Gasteiger partial charge in [-0.15, -0.1) is 0 Å². The summed E-state index contributed by atoms with van der Waals surface area (Å²) in [6, 6.07) is 17.5. The number of benzene rings is 2. The normalized spacial score (nSPS) is 10.4. The average molecular weight is 288 g/mol. The maximum Gasteiger partial charge on any atom is 0.265 e. The van der Waals surface area contributed by atoms with Crippen molar-refractivity contribution in [3.05, 3.63) is 88.9 Å². The van der Waals surface area contributed by atoms with Gasteiger partial charge in [0.25, 0.3) is 5.56 Å². The van der Waals surface area contributed by atoms with Crippen LogP contribution in [0.5, 0.6) is 0 Å². The summed E-state index contributed by atoms with van der Waals surface area (Å²) in [5.74, 6) is 0.625. The van der Waals surface area contributed by atoms with E-state index in [0.717, 1.165) is 16.8 Å². The van der Waals surface area contributed by atoms with E-state index in [1.165, 1.54) is 6.08 Å². The van der Waals surface area contributed by atoms with Crippen molar-refractivity contribution in [1.82, 2.24) is 9.55 Å². The lowest BCUT2D eigenvalue weighted by molar-refractivity contribution is 0.943. The maximum absolute atomic E-state index is 12.7. The Hall–Kier alpha value is -2.94. The summed E-state index contributed by atoms with van der Waals surface area (Å²) in [5, 5.41) is 0. The van der Waals surface area contributed by atoms with Crippen molar-refractivity contribution in [2.24, 2.45) is 0 Å². The molecule has 0 amide bonds. The Bertz CT molecular complexity index is 862. The number of rotatable bonds is 3. The van der Waals surface area contributed by atoms with E-state index >= 15 is 0 Å². The van der Waals surface area contributed by atoms with Gasteiger partial charge in [0.1, 0.15) is 5.82 Å². The minimum Gasteiger partial charge on any atom is -0.268 e. The molecule has 3 heteroatoms. The van der Waals surface area contributed by atoms with Crippen LogP contribution in [0.2, 0.25) is 0 Å². The topological polar surface area (TPSA) is 34.9 Å². The predicted octanol–water partition coefficient (Wildman–Crippen LogP) is 3.85. The minimum absolute atomic E-state index is 0.118. The first-order valence-corrected chi connectivity index (χ1v) is 7.07. The molecule has 0 atom stereocenters. The zero-order valence-electron chi connectivity index (χ0n) is 12.4. The van der Waals surface area contributed by atoms with Crippen LogP contribution in [0.25, 0.3) is 23.2 Å². The van der Waals surface area contributed by atoms with Crippen LogP contribution in [0.3, 0.4) is 0 Å². The SMILES string of the molecule is C=Cc1cnc(-c2ccccc2)n(-c2ccc(C)cc2)c1=O. The van der Waals surface area contributed by atoms with Gasteiger partial charge in [0.05, 0.1) is 11.3 Å². The molecule has 3 nitrogen and oxygen atoms in total. The van der Waals surface area contributed by atoms with Crippen LogP contribution in [-0.4, -0.2) is 9.55 Å². The quantitative estimate of drug-likeness (QED) is 0.733. The Balaban J connectivity index is 2.32. The second-order valence-corrected chi connectivity index (χ2v) is 5.08. The second-order valence-electron chi connectivity index (χ2n) is 5.08. The summed E-state index contributed by atoms with van der Waals surface area (Å²) in [4.78, 5) is 17.2. The van der Waals surface area contributed by atoms with Gasteiger partial charge >= 0.3 is 0 Å². The van der Waals surface area contributed by atoms with Crippen molar-refractivity contribution in [2.45, 2.75) is 6.92 Å². The molecule has 0 spiro atoms. The van der Waals surface area contributed by atoms with Crippen LogP contribution in [-0.2, 0) is 0 Å². The van der Waals surface area contributed by atoms with E-state index in [4.69, 9.17) is 0 Å². The summed E-state index contributed by atoms with van der Waals surface area (Å²) in [6.07, 6.45) is 3.11. The molecule has 22 heavy (non-hydrogen) atoms. The van der Waals surface area contributed by atoms with Gasteiger partial charge in [-0.2, -0.15) is 0 Å². The Labute approximate surface area is 129 Å². The zero-order chi connectivity index (χ0) is 15.5. The molecule has 3 aromatic rings. The first-order chi connectivity index (χ1) is 10.7. The molecule has 0 aliphatic heterocycles. The van der Waals surface area contributed by atoms with Crippen LogP contribution in [0, 0.1) is 6.92 Å². The molecule has 1 aromatic heterocycles. The number of aryl methyl sites for hydroxylation is 1. The third-order valence-electron chi connectivity index (χ3n) is 3.53. The Morgan fingerprint density at radius 1 is 1.05 bits per heavy atom. The minimum atomic E-state index is -0.118. The molecule has 0 unspecified atom stereocenters. The van der Waals surface area contributed by atoms with Crippen molar-refractivity contribution >= 4 is 6.08 Å². The van der Waals surface area contributed by atoms with Gasteiger partial charge in [-0.3, -0.25) is 9.36 Å². The fraction of sp³-hybridized carbons (Fsp3) is 0.0526. The Kier molecular flexibility index (Phi) is 3.71. The molecule has 0 radical (unpaired) electrons. The van der Waals surface area contributed by atoms with Crippen molar-refractivity contribution in [1.29, 1.82) is 0 Å². The summed E-state index contributed by atoms with van der Waals surface area (Å²) in [7, 11) is 0. The molecule has 0 aliphatic rings. The van der Waals surface area contributed by atoms with Gasteiger partial charge in [-0.25, -0.2) is 4.98 Å². The monoisotopic (exact) mass is 288 g/mol. The molecule has 0 saturated carbocycles. The number of aromatic nitrogens is 2. The molecule has 1 heterocycles. The zero-order valence-corrected chi connectivity index (χ0v) is 12.4. The van der Waals surface area contributed by atoms with Gasteiger partial charge in [0.2, 0.25) is 0 Å². The van der Waals surface area contributed by atoms with E-state index in [1.807, 2.05) is 61.5 Å². The van der Waals surface area contributed by atoms with Gasteiger partial charge in [-0.05, 0) is 19.1 Å². The molecule has 3 rings (SSSR count). The van der Waals surface area contributed by atoms with Crippen LogP contribution in [0.1, 0.15) is 11.1 Å². The highest BCUT2D eigenvalue weighted by atomic mass is 16.1. The van der Waals surface area contributed by atoms with Gasteiger partial charge in [0, 0.05) is 11.8 Å². The largest absolute Gasteiger partial charge is 0.268 e. The van der Waals surface area contributed by atoms with Gasteiger partial charge in [0.15, 0.2) is 0 Å². The van der Waals surface area contributed by atoms with Gasteiger partial charge < -0.3 is 0 Å². The molecule has 2 aromatic carbocycles. The van der Waals surface area contributed by atoms with Crippen molar-refractivity contribution in [3.8, 4) is 17.1 Å². The standard InChI is InChI=1S/C19H16N2O/c1-3-15-13-20-18(16-7-5-4-6-8-16)21(19(15)22)17-11-9-14(2)10-12-17/h3-13H,1H2,2H3. The highest BCUT2D eigenvalue weighted by Crippen LogP contribution is 2.19. The Morgan fingerprint density at radius 2 is 1.73 bits per heavy atom. The third kappa shape index (κ3) is 2.49. The second kappa shape index (κ2) is 5.82. The molecular formula is C19H16N2O. The summed E-state index contributed by atoms with van der Waals surface area (Å²) < 4.78 is 1.63. The lowest BCUT2D eigenvalue weighted by Crippen LogP contribution is -2.23. The molecule has 0 saturated heterocycles. The van der Waals surface area contributed by atoms with E-state index in [1.54, 1.807) is 10.8 Å². The van der Waals surface area contributed by atoms with E-state index in [9.17, 15) is 4.79 Å². The third-order valence-corrected chi connectivity index (χ3v) is 3.53. The van der Waals surface area contributed by atoms with Crippen LogP contribution in [0.4, 0.5) is 0 Å². The fourth-order valence-electron chi connectivity index (χ4n) is 2.33. The van der Waals surface area contributed by atoms with E-state index in [0.29, 0.717) is 11.4 Å². The van der Waals surface area contributed by atoms with Crippen LogP contribution >= 0.6 is 0 Å². The number of hydrogen-bond acceptors (Lipinski definition) is 2. The molecule has 108 valence electrons. The van der Waals surface area contributed by atoms with Crippen molar-refractivity contribution in [3.63, 3.8) is 0 Å². The lowest BCUT2D eigenvalue weighted by atomic mass is 10.1. The summed E-state index contributed by atoms with van der Waals surface area (Å²) in [6.45, 7) is 5.71. The van der Waals surface area contributed by atoms with E-state index in [2.05, 4.69) is 11.6 Å². The fourth-order valence-corrected chi connectivity index (χ4v) is 2.33. The Morgan fingerprint density at radius 3 is 2.36 bits per heavy atom. The lowest BCUT2D eigenvalue weighted by Gasteiger charge is -2.13. The first-order valence-electron chi connectivity index (χ1n) is 7.07. The highest BCUT2D eigenvalue weighted by molar-refractivity contribution is 5.60. The number of nitrogens with zero attached hydrogens (tertiary/aromatic N) is 2. The number of hydrogen-bond donors (Lipinski definition) is 0. The van der Waals surface area contributed by atoms with Crippen LogP contribution < -0.4 is 5.56 Å². The van der Waals surface area contributed by atoms with Crippen molar-refractivity contribution < 1.29 is 0 Å². The molecule has 0 N–H and O–H groups in total. The first kappa shape index (κ1) is 14.0. The molecular weight excluding hydrogens is 272 g/mol. The molecule has 0 aliphatic carbocycles. The smallest absolute Gasteiger partial charge is 0.265 e. The van der Waals surface area contributed by atoms with Crippen LogP contribution in [0.15, 0.2) is 72.2 Å². The summed E-state index contributed by atoms with van der Waals surface area (Å²) in [5.41, 5.74) is 3.21. The predicted molar refractivity (Wildman–Crippen MR) is 90.1 cm³/mol. The average Bonchev–Trinajstić information content (AvgIpc) is 2.56. The maximum atomic E-state index is 12.7. The van der Waals surface area contributed by atoms with E-state index in [-0.39, 0.29) is 5.56 Å².